The molecule has 1 aromatic carbocycles. The van der Waals surface area contributed by atoms with E-state index in [4.69, 9.17) is 4.74 Å². The van der Waals surface area contributed by atoms with E-state index in [9.17, 15) is 17.8 Å². The fourth-order valence-corrected chi connectivity index (χ4v) is 3.51. The molecule has 0 radical (unpaired) electrons. The normalized spacial score (nSPS) is 13.1. The lowest BCUT2D eigenvalue weighted by Crippen LogP contribution is -2.24. The third kappa shape index (κ3) is 4.30. The first-order valence-corrected chi connectivity index (χ1v) is 8.43. The summed E-state index contributed by atoms with van der Waals surface area (Å²) in [6.45, 7) is 12.3. The van der Waals surface area contributed by atoms with E-state index in [1.54, 1.807) is 0 Å². The minimum absolute atomic E-state index is 0.108. The Labute approximate surface area is 132 Å². The molecule has 6 heteroatoms. The highest BCUT2D eigenvalue weighted by molar-refractivity contribution is 7.86. The van der Waals surface area contributed by atoms with Gasteiger partial charge in [-0.3, -0.25) is 9.35 Å². The lowest BCUT2D eigenvalue weighted by molar-refractivity contribution is -0.131. The van der Waals surface area contributed by atoms with Crippen molar-refractivity contribution in [2.24, 2.45) is 0 Å². The zero-order valence-electron chi connectivity index (χ0n) is 14.1. The summed E-state index contributed by atoms with van der Waals surface area (Å²) in [6, 6.07) is 3.00. The Bertz CT molecular complexity index is 653. The van der Waals surface area contributed by atoms with Crippen LogP contribution >= 0.6 is 0 Å². The SMILES string of the molecule is CC(=O)Oc1cc(C(C)(C)C)c(S(=O)(=O)O)c(C(C)(C)C)c1. The first kappa shape index (κ1) is 18.6. The molecular formula is C16H24O5S. The molecule has 0 atom stereocenters. The van der Waals surface area contributed by atoms with Gasteiger partial charge in [-0.25, -0.2) is 0 Å². The van der Waals surface area contributed by atoms with Crippen molar-refractivity contribution in [3.05, 3.63) is 23.3 Å². The summed E-state index contributed by atoms with van der Waals surface area (Å²) in [5, 5.41) is 0. The highest BCUT2D eigenvalue weighted by Crippen LogP contribution is 2.39. The van der Waals surface area contributed by atoms with Gasteiger partial charge in [0.1, 0.15) is 10.6 Å². The molecule has 5 nitrogen and oxygen atoms in total. The van der Waals surface area contributed by atoms with Gasteiger partial charge in [0.05, 0.1) is 0 Å². The van der Waals surface area contributed by atoms with Crippen molar-refractivity contribution in [3.63, 3.8) is 0 Å². The van der Waals surface area contributed by atoms with Gasteiger partial charge in [0.15, 0.2) is 0 Å². The second kappa shape index (κ2) is 5.66. The highest BCUT2D eigenvalue weighted by atomic mass is 32.2. The lowest BCUT2D eigenvalue weighted by atomic mass is 9.80. The number of esters is 1. The number of hydrogen-bond acceptors (Lipinski definition) is 4. The minimum atomic E-state index is -4.42. The van der Waals surface area contributed by atoms with Crippen molar-refractivity contribution in [2.75, 3.05) is 0 Å². The van der Waals surface area contributed by atoms with Gasteiger partial charge in [0.25, 0.3) is 10.1 Å². The number of ether oxygens (including phenoxy) is 1. The molecule has 0 fully saturated rings. The van der Waals surface area contributed by atoms with Crippen LogP contribution < -0.4 is 4.74 Å². The summed E-state index contributed by atoms with van der Waals surface area (Å²) in [5.41, 5.74) is -0.278. The smallest absolute Gasteiger partial charge is 0.308 e. The Hall–Kier alpha value is -1.40. The van der Waals surface area contributed by atoms with Crippen LogP contribution in [0.5, 0.6) is 5.75 Å². The molecular weight excluding hydrogens is 304 g/mol. The van der Waals surface area contributed by atoms with Gasteiger partial charge < -0.3 is 4.74 Å². The third-order valence-electron chi connectivity index (χ3n) is 3.20. The number of carbonyl (C=O) groups excluding carboxylic acids is 1. The topological polar surface area (TPSA) is 80.7 Å². The van der Waals surface area contributed by atoms with Crippen LogP contribution in [0.2, 0.25) is 0 Å². The molecule has 1 aromatic rings. The van der Waals surface area contributed by atoms with Crippen LogP contribution in [-0.4, -0.2) is 18.9 Å². The van der Waals surface area contributed by atoms with Crippen LogP contribution in [0.1, 0.15) is 59.6 Å². The van der Waals surface area contributed by atoms with Gasteiger partial charge in [-0.15, -0.1) is 0 Å². The zero-order chi connectivity index (χ0) is 17.5. The molecule has 0 aliphatic heterocycles. The predicted molar refractivity (Wildman–Crippen MR) is 85.0 cm³/mol. The van der Waals surface area contributed by atoms with E-state index < -0.39 is 26.9 Å². The van der Waals surface area contributed by atoms with Crippen LogP contribution in [-0.2, 0) is 25.7 Å². The molecule has 0 aromatic heterocycles. The maximum atomic E-state index is 11.9. The van der Waals surface area contributed by atoms with Crippen molar-refractivity contribution in [2.45, 2.75) is 64.2 Å². The summed E-state index contributed by atoms with van der Waals surface area (Å²) in [6.07, 6.45) is 0. The lowest BCUT2D eigenvalue weighted by Gasteiger charge is -2.29. The molecule has 0 aliphatic rings. The Morgan fingerprint density at radius 1 is 1.00 bits per heavy atom. The van der Waals surface area contributed by atoms with E-state index in [1.807, 2.05) is 41.5 Å². The largest absolute Gasteiger partial charge is 0.427 e. The van der Waals surface area contributed by atoms with E-state index >= 15 is 0 Å². The molecule has 0 spiro atoms. The second-order valence-corrected chi connectivity index (χ2v) is 8.77. The molecule has 0 bridgehead atoms. The summed E-state index contributed by atoms with van der Waals surface area (Å²) in [5.74, 6) is -0.214. The summed E-state index contributed by atoms with van der Waals surface area (Å²) in [4.78, 5) is 11.1. The molecule has 0 saturated heterocycles. The van der Waals surface area contributed by atoms with Crippen LogP contribution in [0.25, 0.3) is 0 Å². The number of carbonyl (C=O) groups is 1. The Kier molecular flexibility index (Phi) is 4.80. The Balaban J connectivity index is 3.90. The average molecular weight is 328 g/mol. The van der Waals surface area contributed by atoms with E-state index in [-0.39, 0.29) is 10.6 Å². The molecule has 1 N–H and O–H groups in total. The quantitative estimate of drug-likeness (QED) is 0.511. The van der Waals surface area contributed by atoms with Gasteiger partial charge in [0, 0.05) is 6.92 Å². The maximum Gasteiger partial charge on any atom is 0.308 e. The molecule has 22 heavy (non-hydrogen) atoms. The van der Waals surface area contributed by atoms with Crippen LogP contribution in [0.4, 0.5) is 0 Å². The number of hydrogen-bond donors (Lipinski definition) is 1. The summed E-state index contributed by atoms with van der Waals surface area (Å²) >= 11 is 0. The molecule has 0 unspecified atom stereocenters. The van der Waals surface area contributed by atoms with Crippen LogP contribution in [0.3, 0.4) is 0 Å². The Morgan fingerprint density at radius 3 is 1.59 bits per heavy atom. The van der Waals surface area contributed by atoms with E-state index in [0.29, 0.717) is 11.1 Å². The number of rotatable bonds is 2. The molecule has 1 rings (SSSR count). The van der Waals surface area contributed by atoms with Gasteiger partial charge in [0.2, 0.25) is 0 Å². The first-order valence-electron chi connectivity index (χ1n) is 6.99. The molecule has 0 heterocycles. The third-order valence-corrected chi connectivity index (χ3v) is 4.15. The maximum absolute atomic E-state index is 11.9. The van der Waals surface area contributed by atoms with Crippen molar-refractivity contribution >= 4 is 16.1 Å². The average Bonchev–Trinajstić information content (AvgIpc) is 2.22. The van der Waals surface area contributed by atoms with Gasteiger partial charge in [-0.05, 0) is 34.1 Å². The van der Waals surface area contributed by atoms with Gasteiger partial charge in [-0.2, -0.15) is 8.42 Å². The fourth-order valence-electron chi connectivity index (χ4n) is 2.22. The monoisotopic (exact) mass is 328 g/mol. The van der Waals surface area contributed by atoms with E-state index in [0.717, 1.165) is 0 Å². The van der Waals surface area contributed by atoms with Crippen LogP contribution in [0.15, 0.2) is 17.0 Å². The first-order chi connectivity index (χ1) is 9.64. The molecule has 0 saturated carbocycles. The number of benzene rings is 1. The standard InChI is InChI=1S/C16H24O5S/c1-10(17)21-11-8-12(15(2,3)4)14(22(18,19)20)13(9-11)16(5,6)7/h8-9H,1-7H3,(H,18,19,20). The van der Waals surface area contributed by atoms with Crippen molar-refractivity contribution in [1.82, 2.24) is 0 Å². The summed E-state index contributed by atoms with van der Waals surface area (Å²) < 4.78 is 38.8. The fraction of sp³-hybridized carbons (Fsp3) is 0.562. The van der Waals surface area contributed by atoms with Crippen molar-refractivity contribution in [3.8, 4) is 5.75 Å². The predicted octanol–water partition coefficient (Wildman–Crippen LogP) is 3.45. The van der Waals surface area contributed by atoms with Gasteiger partial charge in [-0.1, -0.05) is 41.5 Å². The van der Waals surface area contributed by atoms with Crippen LogP contribution in [0, 0.1) is 0 Å². The Morgan fingerprint density at radius 2 is 1.36 bits per heavy atom. The minimum Gasteiger partial charge on any atom is -0.427 e. The van der Waals surface area contributed by atoms with E-state index in [2.05, 4.69) is 0 Å². The van der Waals surface area contributed by atoms with Crippen molar-refractivity contribution < 1.29 is 22.5 Å². The van der Waals surface area contributed by atoms with E-state index in [1.165, 1.54) is 19.1 Å². The zero-order valence-corrected chi connectivity index (χ0v) is 15.0. The van der Waals surface area contributed by atoms with Crippen molar-refractivity contribution in [1.29, 1.82) is 0 Å². The highest BCUT2D eigenvalue weighted by Gasteiger charge is 2.33. The second-order valence-electron chi connectivity index (χ2n) is 7.42. The molecule has 124 valence electrons. The molecule has 0 aliphatic carbocycles. The van der Waals surface area contributed by atoms with Gasteiger partial charge >= 0.3 is 5.97 Å². The summed E-state index contributed by atoms with van der Waals surface area (Å²) in [7, 11) is -4.42. The molecule has 0 amide bonds.